The molecular weight excluding hydrogens is 781 g/mol. The molecule has 0 atom stereocenters. The average Bonchev–Trinajstić information content (AvgIpc) is 3.93. The van der Waals surface area contributed by atoms with Crippen molar-refractivity contribution in [1.29, 1.82) is 0 Å². The molecule has 0 radical (unpaired) electrons. The minimum Gasteiger partial charge on any atom is -0.457 e. The van der Waals surface area contributed by atoms with Gasteiger partial charge in [-0.1, -0.05) is 147 Å². The van der Waals surface area contributed by atoms with Crippen molar-refractivity contribution in [3.63, 3.8) is 0 Å². The number of hydrogen-bond donors (Lipinski definition) is 0. The molecule has 0 fully saturated rings. The van der Waals surface area contributed by atoms with Crippen LogP contribution in [0.25, 0.3) is 61.3 Å². The van der Waals surface area contributed by atoms with Crippen molar-refractivity contribution in [2.45, 2.75) is 47.0 Å². The Hall–Kier alpha value is -7.64. The normalized spacial score (nSPS) is 12.5. The van der Waals surface area contributed by atoms with Crippen LogP contribution in [0.2, 0.25) is 0 Å². The topological polar surface area (TPSA) is 48.1 Å². The van der Waals surface area contributed by atoms with Crippen molar-refractivity contribution in [2.75, 3.05) is 4.81 Å². The maximum Gasteiger partial charge on any atom is 0.422 e. The summed E-state index contributed by atoms with van der Waals surface area (Å²) >= 11 is 0. The molecule has 7 aromatic carbocycles. The number of aryl methyl sites for hydroxylation is 3. The van der Waals surface area contributed by atoms with Gasteiger partial charge in [0.2, 0.25) is 0 Å². The zero-order valence-electron chi connectivity index (χ0n) is 37.0. The van der Waals surface area contributed by atoms with Gasteiger partial charge in [-0.25, -0.2) is 9.97 Å². The summed E-state index contributed by atoms with van der Waals surface area (Å²) in [6.45, 7) is 13.1. The Bertz CT molecular complexity index is 3320. The van der Waals surface area contributed by atoms with E-state index in [0.717, 1.165) is 78.8 Å². The molecule has 310 valence electrons. The van der Waals surface area contributed by atoms with E-state index in [0.29, 0.717) is 0 Å². The van der Waals surface area contributed by atoms with E-state index in [2.05, 4.69) is 225 Å². The number of para-hydroxylation sites is 2. The number of pyridine rings is 1. The Labute approximate surface area is 375 Å². The molecule has 0 N–H and O–H groups in total. The second kappa shape index (κ2) is 15.3. The molecule has 7 heteroatoms. The van der Waals surface area contributed by atoms with Crippen LogP contribution >= 0.6 is 0 Å². The summed E-state index contributed by atoms with van der Waals surface area (Å²) in [5, 5.41) is 2.32. The van der Waals surface area contributed by atoms with Crippen LogP contribution in [0.4, 0.5) is 11.4 Å². The van der Waals surface area contributed by atoms with Gasteiger partial charge in [-0.3, -0.25) is 4.57 Å². The fourth-order valence-electron chi connectivity index (χ4n) is 9.96. The van der Waals surface area contributed by atoms with Gasteiger partial charge < -0.3 is 14.0 Å². The van der Waals surface area contributed by atoms with Crippen molar-refractivity contribution >= 4 is 45.6 Å². The molecule has 0 aliphatic carbocycles. The first kappa shape index (κ1) is 39.2. The summed E-state index contributed by atoms with van der Waals surface area (Å²) in [6.07, 6.45) is 5.98. The quantitative estimate of drug-likeness (QED) is 0.150. The van der Waals surface area contributed by atoms with Gasteiger partial charge in [-0.2, -0.15) is 0 Å². The molecule has 10 aromatic rings. The highest BCUT2D eigenvalue weighted by Crippen LogP contribution is 2.49. The largest absolute Gasteiger partial charge is 0.457 e. The minimum absolute atomic E-state index is 0.0218. The highest BCUT2D eigenvalue weighted by atomic mass is 16.5. The molecule has 0 saturated carbocycles. The number of anilines is 2. The number of benzene rings is 7. The highest BCUT2D eigenvalue weighted by Gasteiger charge is 2.42. The molecule has 6 nitrogen and oxygen atoms in total. The van der Waals surface area contributed by atoms with Gasteiger partial charge in [0.15, 0.2) is 0 Å². The van der Waals surface area contributed by atoms with Gasteiger partial charge in [-0.05, 0) is 96.9 Å². The van der Waals surface area contributed by atoms with Crippen LogP contribution in [0.5, 0.6) is 11.5 Å². The van der Waals surface area contributed by atoms with Gasteiger partial charge in [0.25, 0.3) is 0 Å². The summed E-state index contributed by atoms with van der Waals surface area (Å²) in [7, 11) is 0. The van der Waals surface area contributed by atoms with E-state index in [9.17, 15) is 0 Å². The lowest BCUT2D eigenvalue weighted by molar-refractivity contribution is 0.483. The smallest absolute Gasteiger partial charge is 0.422 e. The predicted molar refractivity (Wildman–Crippen MR) is 266 cm³/mol. The molecule has 3 aromatic heterocycles. The van der Waals surface area contributed by atoms with E-state index in [-0.39, 0.29) is 12.4 Å². The van der Waals surface area contributed by atoms with E-state index in [4.69, 9.17) is 14.7 Å². The van der Waals surface area contributed by atoms with Crippen LogP contribution in [-0.4, -0.2) is 26.0 Å². The molecule has 1 aliphatic rings. The van der Waals surface area contributed by atoms with Crippen molar-refractivity contribution in [3.8, 4) is 51.0 Å². The van der Waals surface area contributed by atoms with Crippen molar-refractivity contribution in [2.24, 2.45) is 0 Å². The Kier molecular flexibility index (Phi) is 9.39. The molecule has 0 bridgehead atoms. The lowest BCUT2D eigenvalue weighted by Gasteiger charge is -2.41. The number of imidazole rings is 1. The molecule has 11 rings (SSSR count). The first-order chi connectivity index (χ1) is 31.1. The fraction of sp³-hybridized carbons (Fsp3) is 0.123. The van der Waals surface area contributed by atoms with Crippen LogP contribution in [0, 0.1) is 20.8 Å². The maximum absolute atomic E-state index is 6.91. The third-order valence-electron chi connectivity index (χ3n) is 12.8. The molecular formula is C57H48BN5O. The molecule has 0 spiro atoms. The highest BCUT2D eigenvalue weighted by molar-refractivity contribution is 6.78. The van der Waals surface area contributed by atoms with Crippen molar-refractivity contribution < 1.29 is 4.74 Å². The molecule has 0 amide bonds. The van der Waals surface area contributed by atoms with Crippen molar-refractivity contribution in [3.05, 3.63) is 205 Å². The Morgan fingerprint density at radius 3 is 1.89 bits per heavy atom. The Balaban J connectivity index is 1.11. The average molecular weight is 830 g/mol. The lowest BCUT2D eigenvalue weighted by Crippen LogP contribution is -2.56. The summed E-state index contributed by atoms with van der Waals surface area (Å²) in [5.41, 5.74) is 16.1. The standard InChI is InChI=1S/C57H48BN5O/c1-37-32-38(2)54(39(3)33-37)58-61-31-30-60-56(61)49-35-43(25-27-51(49)63(58)55-45(40-16-9-7-10-17-40)21-15-22-46(55)41-18-11-8-12-19-41)64-44-24-26-48-47-20-13-14-23-50(47)62(52(48)36-44)53-34-42(28-29-59-53)57(4,5)6/h7-36H,1-6H3. The second-order valence-electron chi connectivity index (χ2n) is 18.1. The SMILES string of the molecule is Cc1cc(C)c(B2N(c3c(-c4ccccc4)cccc3-c3ccccc3)c3ccc(Oc4ccc5c6ccccc6n(-c6cc(C(C)(C)C)ccn6)c5c4)cc3-c3nccn32)c(C)c1. The lowest BCUT2D eigenvalue weighted by atomic mass is 9.59. The second-order valence-corrected chi connectivity index (χ2v) is 18.1. The summed E-state index contributed by atoms with van der Waals surface area (Å²) in [4.78, 5) is 12.5. The van der Waals surface area contributed by atoms with Crippen LogP contribution in [0.1, 0.15) is 43.0 Å². The number of nitrogens with zero attached hydrogens (tertiary/aromatic N) is 5. The summed E-state index contributed by atoms with van der Waals surface area (Å²) < 4.78 is 11.5. The third kappa shape index (κ3) is 6.58. The van der Waals surface area contributed by atoms with E-state index in [1.54, 1.807) is 0 Å². The van der Waals surface area contributed by atoms with Crippen LogP contribution < -0.4 is 15.0 Å². The Morgan fingerprint density at radius 2 is 1.19 bits per heavy atom. The number of aromatic nitrogens is 4. The van der Waals surface area contributed by atoms with Crippen LogP contribution in [-0.2, 0) is 5.41 Å². The molecule has 0 saturated heterocycles. The summed E-state index contributed by atoms with van der Waals surface area (Å²) in [6, 6.07) is 58.6. The molecule has 0 unspecified atom stereocenters. The monoisotopic (exact) mass is 829 g/mol. The third-order valence-corrected chi connectivity index (χ3v) is 12.8. The predicted octanol–water partition coefficient (Wildman–Crippen LogP) is 13.8. The number of fused-ring (bicyclic) bond motifs is 6. The molecule has 4 heterocycles. The van der Waals surface area contributed by atoms with Gasteiger partial charge in [0, 0.05) is 63.5 Å². The van der Waals surface area contributed by atoms with Crippen LogP contribution in [0.3, 0.4) is 0 Å². The van der Waals surface area contributed by atoms with E-state index < -0.39 is 0 Å². The first-order valence-electron chi connectivity index (χ1n) is 22.1. The van der Waals surface area contributed by atoms with Crippen molar-refractivity contribution in [1.82, 2.24) is 19.0 Å². The number of hydrogen-bond acceptors (Lipinski definition) is 4. The van der Waals surface area contributed by atoms with Gasteiger partial charge in [-0.15, -0.1) is 0 Å². The van der Waals surface area contributed by atoms with Crippen LogP contribution in [0.15, 0.2) is 182 Å². The van der Waals surface area contributed by atoms with Gasteiger partial charge >= 0.3 is 6.98 Å². The van der Waals surface area contributed by atoms with E-state index in [1.165, 1.54) is 33.1 Å². The van der Waals surface area contributed by atoms with E-state index in [1.807, 2.05) is 12.4 Å². The molecule has 1 aliphatic heterocycles. The zero-order valence-corrected chi connectivity index (χ0v) is 37.0. The van der Waals surface area contributed by atoms with Gasteiger partial charge in [0.1, 0.15) is 23.1 Å². The Morgan fingerprint density at radius 1 is 0.547 bits per heavy atom. The zero-order chi connectivity index (χ0) is 43.7. The number of rotatable bonds is 7. The summed E-state index contributed by atoms with van der Waals surface area (Å²) in [5.74, 6) is 3.24. The van der Waals surface area contributed by atoms with E-state index >= 15 is 0 Å². The maximum atomic E-state index is 6.91. The van der Waals surface area contributed by atoms with Gasteiger partial charge in [0.05, 0.1) is 11.0 Å². The molecule has 64 heavy (non-hydrogen) atoms. The first-order valence-corrected chi connectivity index (χ1v) is 22.1. The minimum atomic E-state index is -0.237. The fourth-order valence-corrected chi connectivity index (χ4v) is 9.96. The number of ether oxygens (including phenoxy) is 1.